The molecule has 1 fully saturated rings. The van der Waals surface area contributed by atoms with Crippen LogP contribution in [-0.2, 0) is 9.53 Å². The van der Waals surface area contributed by atoms with Crippen molar-refractivity contribution < 1.29 is 19.5 Å². The lowest BCUT2D eigenvalue weighted by Crippen LogP contribution is -2.37. The fraction of sp³-hybridized carbons (Fsp3) is 0.556. The summed E-state index contributed by atoms with van der Waals surface area (Å²) in [5.74, 6) is -0.923. The van der Waals surface area contributed by atoms with Gasteiger partial charge in [-0.15, -0.1) is 0 Å². The van der Waals surface area contributed by atoms with E-state index in [9.17, 15) is 14.8 Å². The number of anilines is 2. The molecule has 1 aliphatic heterocycles. The number of likely N-dealkylation sites (tertiary alicyclic amines) is 1. The molecule has 8 nitrogen and oxygen atoms in total. The quantitative estimate of drug-likeness (QED) is 0.633. The number of rotatable bonds is 5. The van der Waals surface area contributed by atoms with Crippen LogP contribution in [0.25, 0.3) is 0 Å². The number of esters is 1. The first-order chi connectivity index (χ1) is 12.4. The van der Waals surface area contributed by atoms with Crippen LogP contribution in [0, 0.1) is 5.21 Å². The van der Waals surface area contributed by atoms with Crippen molar-refractivity contribution in [3.05, 3.63) is 29.0 Å². The Kier molecular flexibility index (Phi) is 7.23. The molecule has 1 aromatic carbocycles. The molecule has 1 heterocycles. The van der Waals surface area contributed by atoms with Crippen LogP contribution in [0.5, 0.6) is 0 Å². The van der Waals surface area contributed by atoms with Crippen LogP contribution >= 0.6 is 0 Å². The Morgan fingerprint density at radius 3 is 2.35 bits per heavy atom. The molecule has 1 aliphatic rings. The fourth-order valence-electron chi connectivity index (χ4n) is 2.99. The van der Waals surface area contributed by atoms with E-state index in [1.54, 1.807) is 23.9 Å². The van der Waals surface area contributed by atoms with Crippen LogP contribution in [0.1, 0.15) is 42.5 Å². The Morgan fingerprint density at radius 2 is 1.77 bits per heavy atom. The van der Waals surface area contributed by atoms with Gasteiger partial charge >= 0.3 is 5.97 Å². The lowest BCUT2D eigenvalue weighted by Gasteiger charge is -2.25. The lowest BCUT2D eigenvalue weighted by molar-refractivity contribution is -0.134. The van der Waals surface area contributed by atoms with Crippen molar-refractivity contribution in [2.75, 3.05) is 43.9 Å². The highest BCUT2D eigenvalue weighted by molar-refractivity contribution is 5.98. The normalized spacial score (nSPS) is 15.0. The predicted molar refractivity (Wildman–Crippen MR) is 98.3 cm³/mol. The van der Waals surface area contributed by atoms with Crippen molar-refractivity contribution in [3.63, 3.8) is 0 Å². The molecule has 1 amide bonds. The van der Waals surface area contributed by atoms with Crippen molar-refractivity contribution in [2.24, 2.45) is 0 Å². The second-order valence-corrected chi connectivity index (χ2v) is 6.59. The molecule has 0 atom stereocenters. The first kappa shape index (κ1) is 20.0. The summed E-state index contributed by atoms with van der Waals surface area (Å²) in [5, 5.41) is 19.8. The summed E-state index contributed by atoms with van der Waals surface area (Å²) >= 11 is 0. The average molecular weight is 364 g/mol. The Bertz CT molecular complexity index is 625. The van der Waals surface area contributed by atoms with Gasteiger partial charge in [-0.3, -0.25) is 10.0 Å². The average Bonchev–Trinajstić information content (AvgIpc) is 2.58. The largest absolute Gasteiger partial charge is 0.733 e. The molecular formula is C18H26N3O5-. The summed E-state index contributed by atoms with van der Waals surface area (Å²) in [6.07, 6.45) is 5.33. The third-order valence-corrected chi connectivity index (χ3v) is 4.44. The monoisotopic (exact) mass is 364 g/mol. The highest BCUT2D eigenvalue weighted by Crippen LogP contribution is 2.25. The van der Waals surface area contributed by atoms with E-state index < -0.39 is 5.97 Å². The number of nitrogens with zero attached hydrogens (tertiary/aromatic N) is 3. The number of hydrogen-bond acceptors (Lipinski definition) is 7. The van der Waals surface area contributed by atoms with Gasteiger partial charge in [-0.1, -0.05) is 19.3 Å². The molecule has 0 aliphatic carbocycles. The van der Waals surface area contributed by atoms with E-state index in [0.717, 1.165) is 25.7 Å². The molecule has 1 aromatic rings. The van der Waals surface area contributed by atoms with Gasteiger partial charge in [0, 0.05) is 27.2 Å². The van der Waals surface area contributed by atoms with Gasteiger partial charge in [-0.25, -0.2) is 4.79 Å². The van der Waals surface area contributed by atoms with Gasteiger partial charge in [0.15, 0.2) is 6.61 Å². The number of benzene rings is 1. The minimum Gasteiger partial charge on any atom is -0.733 e. The van der Waals surface area contributed by atoms with E-state index in [1.807, 2.05) is 0 Å². The number of hydrogen-bond donors (Lipinski definition) is 1. The van der Waals surface area contributed by atoms with Crippen molar-refractivity contribution in [1.82, 2.24) is 4.90 Å². The molecule has 0 radical (unpaired) electrons. The van der Waals surface area contributed by atoms with Crippen LogP contribution in [0.15, 0.2) is 18.2 Å². The highest BCUT2D eigenvalue weighted by atomic mass is 16.8. The van der Waals surface area contributed by atoms with Gasteiger partial charge in [0.1, 0.15) is 0 Å². The van der Waals surface area contributed by atoms with Crippen LogP contribution in [0.3, 0.4) is 0 Å². The van der Waals surface area contributed by atoms with E-state index in [-0.39, 0.29) is 29.0 Å². The highest BCUT2D eigenvalue weighted by Gasteiger charge is 2.20. The molecule has 26 heavy (non-hydrogen) atoms. The van der Waals surface area contributed by atoms with Gasteiger partial charge in [-0.05, 0) is 31.0 Å². The van der Waals surface area contributed by atoms with E-state index >= 15 is 0 Å². The van der Waals surface area contributed by atoms with Crippen molar-refractivity contribution in [1.29, 1.82) is 0 Å². The van der Waals surface area contributed by atoms with Gasteiger partial charge in [-0.2, -0.15) is 0 Å². The Hall–Kier alpha value is -2.32. The first-order valence-electron chi connectivity index (χ1n) is 8.82. The number of carbonyl (C=O) groups excluding carboxylic acids is 2. The van der Waals surface area contributed by atoms with E-state index in [2.05, 4.69) is 0 Å². The van der Waals surface area contributed by atoms with Crippen LogP contribution in [0.2, 0.25) is 0 Å². The molecule has 0 bridgehead atoms. The predicted octanol–water partition coefficient (Wildman–Crippen LogP) is 2.40. The van der Waals surface area contributed by atoms with Gasteiger partial charge in [0.05, 0.1) is 16.9 Å². The summed E-state index contributed by atoms with van der Waals surface area (Å²) in [6.45, 7) is 1.03. The molecule has 0 unspecified atom stereocenters. The van der Waals surface area contributed by atoms with Crippen molar-refractivity contribution in [2.45, 2.75) is 32.1 Å². The Morgan fingerprint density at radius 1 is 1.15 bits per heavy atom. The molecule has 0 saturated carbocycles. The maximum absolute atomic E-state index is 12.4. The maximum atomic E-state index is 12.4. The minimum absolute atomic E-state index is 0.0855. The van der Waals surface area contributed by atoms with Crippen LogP contribution in [-0.4, -0.2) is 55.8 Å². The standard InChI is InChI=1S/C18H26N3O5/c1-19(2)16-9-8-14(21(24)25)12-15(16)18(23)26-13-17(22)20-10-6-4-3-5-7-11-20/h8-9,12,24H,3-7,10-11,13H2,1-2H3/q-1. The van der Waals surface area contributed by atoms with E-state index in [0.29, 0.717) is 18.8 Å². The molecule has 8 heteroatoms. The second kappa shape index (κ2) is 9.40. The second-order valence-electron chi connectivity index (χ2n) is 6.59. The van der Waals surface area contributed by atoms with Crippen LogP contribution < -0.4 is 10.1 Å². The maximum Gasteiger partial charge on any atom is 0.340 e. The lowest BCUT2D eigenvalue weighted by atomic mass is 10.1. The SMILES string of the molecule is CN(C)c1ccc(N([O-])O)cc1C(=O)OCC(=O)N1CCCCCCC1. The third-order valence-electron chi connectivity index (χ3n) is 4.44. The van der Waals surface area contributed by atoms with Gasteiger partial charge < -0.3 is 25.0 Å². The summed E-state index contributed by atoms with van der Waals surface area (Å²) in [5.41, 5.74) is 0.555. The molecule has 2 rings (SSSR count). The number of ether oxygens (including phenoxy) is 1. The zero-order valence-electron chi connectivity index (χ0n) is 15.3. The summed E-state index contributed by atoms with van der Waals surface area (Å²) in [4.78, 5) is 28.2. The summed E-state index contributed by atoms with van der Waals surface area (Å²) in [7, 11) is 3.48. The van der Waals surface area contributed by atoms with Crippen molar-refractivity contribution in [3.8, 4) is 0 Å². The Labute approximate surface area is 153 Å². The van der Waals surface area contributed by atoms with Crippen molar-refractivity contribution >= 4 is 23.3 Å². The molecule has 144 valence electrons. The number of amides is 1. The molecule has 1 saturated heterocycles. The molecular weight excluding hydrogens is 338 g/mol. The summed E-state index contributed by atoms with van der Waals surface area (Å²) < 4.78 is 5.18. The van der Waals surface area contributed by atoms with E-state index in [1.165, 1.54) is 24.6 Å². The molecule has 1 N–H and O–H groups in total. The zero-order valence-corrected chi connectivity index (χ0v) is 15.3. The fourth-order valence-corrected chi connectivity index (χ4v) is 2.99. The molecule has 0 spiro atoms. The topological polar surface area (TPSA) is 96.4 Å². The van der Waals surface area contributed by atoms with E-state index in [4.69, 9.17) is 9.94 Å². The van der Waals surface area contributed by atoms with Gasteiger partial charge in [0.2, 0.25) is 0 Å². The van der Waals surface area contributed by atoms with Crippen LogP contribution in [0.4, 0.5) is 11.4 Å². The molecule has 0 aromatic heterocycles. The smallest absolute Gasteiger partial charge is 0.340 e. The third kappa shape index (κ3) is 5.34. The Balaban J connectivity index is 2.04. The first-order valence-corrected chi connectivity index (χ1v) is 8.82. The number of carbonyl (C=O) groups is 2. The minimum atomic E-state index is -0.710. The zero-order chi connectivity index (χ0) is 19.1. The summed E-state index contributed by atoms with van der Waals surface area (Å²) in [6, 6.07) is 4.17. The van der Waals surface area contributed by atoms with Gasteiger partial charge in [0.25, 0.3) is 5.91 Å².